The van der Waals surface area contributed by atoms with Crippen LogP contribution in [0, 0.1) is 11.3 Å². The van der Waals surface area contributed by atoms with Crippen molar-refractivity contribution in [2.45, 2.75) is 54.1 Å². The molecule has 1 N–H and O–H groups in total. The third-order valence-electron chi connectivity index (χ3n) is 4.47. The zero-order valence-corrected chi connectivity index (χ0v) is 20.4. The number of nitriles is 1. The Morgan fingerprint density at radius 2 is 1.88 bits per heavy atom. The molecule has 1 aliphatic carbocycles. The number of methoxy groups -OCH3 is 1. The van der Waals surface area contributed by atoms with Crippen LogP contribution in [0.3, 0.4) is 0 Å². The Hall–Kier alpha value is -3.46. The van der Waals surface area contributed by atoms with E-state index >= 15 is 0 Å². The van der Waals surface area contributed by atoms with E-state index in [-0.39, 0.29) is 6.10 Å². The van der Waals surface area contributed by atoms with Gasteiger partial charge in [-0.1, -0.05) is 45.9 Å². The summed E-state index contributed by atoms with van der Waals surface area (Å²) in [4.78, 5) is 11.9. The van der Waals surface area contributed by atoms with Crippen LogP contribution < -0.4 is 15.9 Å². The fourth-order valence-corrected chi connectivity index (χ4v) is 3.29. The van der Waals surface area contributed by atoms with Crippen LogP contribution in [0.25, 0.3) is 23.4 Å². The van der Waals surface area contributed by atoms with Crippen LogP contribution in [0.2, 0.25) is 0 Å². The van der Waals surface area contributed by atoms with E-state index in [4.69, 9.17) is 9.47 Å². The highest BCUT2D eigenvalue weighted by Gasteiger charge is 2.16. The number of amides is 1. The fourth-order valence-electron chi connectivity index (χ4n) is 3.29. The first-order valence-corrected chi connectivity index (χ1v) is 11.1. The molecule has 0 unspecified atom stereocenters. The first kappa shape index (κ1) is 26.6. The molecule has 1 aromatic carbocycles. The minimum atomic E-state index is -0.508. The summed E-state index contributed by atoms with van der Waals surface area (Å²) < 4.78 is 12.5. The summed E-state index contributed by atoms with van der Waals surface area (Å²) in [5.74, 6) is 0.762. The molecule has 0 spiro atoms. The number of rotatable bonds is 4. The van der Waals surface area contributed by atoms with E-state index in [1.807, 2.05) is 75.7 Å². The molecule has 6 heteroatoms. The number of fused-ring (bicyclic) bond motifs is 1. The Labute approximate surface area is 191 Å². The van der Waals surface area contributed by atoms with Gasteiger partial charge in [0, 0.05) is 29.6 Å². The normalized spacial score (nSPS) is 11.4. The molecular formula is C26H35N3O3. The van der Waals surface area contributed by atoms with Crippen molar-refractivity contribution in [1.29, 1.82) is 5.26 Å². The Bertz CT molecular complexity index is 1100. The number of ether oxygens (including phenoxy) is 2. The SMILES string of the molecule is CC.CC.COC1=CCC=c2c(C#N)c(-c3cccc(NC(=O)OC(C)C)c3)n(C)c2=C1. The van der Waals surface area contributed by atoms with E-state index < -0.39 is 6.09 Å². The number of anilines is 1. The van der Waals surface area contributed by atoms with Crippen LogP contribution in [0.15, 0.2) is 36.1 Å². The molecule has 0 radical (unpaired) electrons. The maximum atomic E-state index is 11.9. The van der Waals surface area contributed by atoms with Gasteiger partial charge >= 0.3 is 6.09 Å². The molecule has 0 atom stereocenters. The quantitative estimate of drug-likeness (QED) is 0.725. The van der Waals surface area contributed by atoms with E-state index in [0.717, 1.165) is 27.6 Å². The molecule has 172 valence electrons. The second-order valence-corrected chi connectivity index (χ2v) is 6.75. The van der Waals surface area contributed by atoms with Crippen LogP contribution >= 0.6 is 0 Å². The summed E-state index contributed by atoms with van der Waals surface area (Å²) in [6.45, 7) is 11.6. The number of benzene rings is 1. The smallest absolute Gasteiger partial charge is 0.411 e. The Balaban J connectivity index is 0.00000121. The molecule has 1 aliphatic rings. The highest BCUT2D eigenvalue weighted by Crippen LogP contribution is 2.24. The zero-order valence-electron chi connectivity index (χ0n) is 20.4. The minimum absolute atomic E-state index is 0.203. The van der Waals surface area contributed by atoms with Crippen molar-refractivity contribution in [3.05, 3.63) is 52.2 Å². The molecule has 0 saturated heterocycles. The number of nitrogens with one attached hydrogen (secondary N) is 1. The highest BCUT2D eigenvalue weighted by atomic mass is 16.6. The second kappa shape index (κ2) is 13.1. The molecule has 32 heavy (non-hydrogen) atoms. The summed E-state index contributed by atoms with van der Waals surface area (Å²) in [6.07, 6.45) is 5.92. The lowest BCUT2D eigenvalue weighted by Crippen LogP contribution is -2.28. The van der Waals surface area contributed by atoms with Crippen LogP contribution in [-0.4, -0.2) is 23.9 Å². The van der Waals surface area contributed by atoms with Crippen molar-refractivity contribution in [1.82, 2.24) is 4.57 Å². The van der Waals surface area contributed by atoms with Crippen molar-refractivity contribution in [3.8, 4) is 17.3 Å². The van der Waals surface area contributed by atoms with Gasteiger partial charge in [-0.25, -0.2) is 4.79 Å². The average Bonchev–Trinajstić information content (AvgIpc) is 2.93. The third-order valence-corrected chi connectivity index (χ3v) is 4.47. The summed E-state index contributed by atoms with van der Waals surface area (Å²) in [7, 11) is 3.55. The maximum absolute atomic E-state index is 11.9. The lowest BCUT2D eigenvalue weighted by Gasteiger charge is -2.11. The van der Waals surface area contributed by atoms with Crippen LogP contribution in [0.1, 0.15) is 53.5 Å². The standard InChI is InChI=1S/C22H23N3O3.2C2H6/c1-14(2)28-22(26)24-16-8-5-7-15(11-16)21-19(13-23)18-10-6-9-17(27-4)12-20(18)25(21)3;2*1-2/h5,7-12,14H,6H2,1-4H3,(H,24,26);2*1-2H3. The first-order valence-electron chi connectivity index (χ1n) is 11.1. The largest absolute Gasteiger partial charge is 0.497 e. The number of nitrogens with zero attached hydrogens (tertiary/aromatic N) is 2. The van der Waals surface area contributed by atoms with Gasteiger partial charge in [0.25, 0.3) is 0 Å². The van der Waals surface area contributed by atoms with Gasteiger partial charge in [-0.3, -0.25) is 5.32 Å². The molecule has 1 aromatic heterocycles. The molecule has 0 bridgehead atoms. The van der Waals surface area contributed by atoms with Crippen molar-refractivity contribution < 1.29 is 14.3 Å². The van der Waals surface area contributed by atoms with E-state index in [1.165, 1.54) is 0 Å². The predicted molar refractivity (Wildman–Crippen MR) is 131 cm³/mol. The molecule has 0 fully saturated rings. The number of carbonyl (C=O) groups is 1. The minimum Gasteiger partial charge on any atom is -0.497 e. The lowest BCUT2D eigenvalue weighted by atomic mass is 10.1. The van der Waals surface area contributed by atoms with Gasteiger partial charge in [-0.2, -0.15) is 5.26 Å². The van der Waals surface area contributed by atoms with Gasteiger partial charge in [0.1, 0.15) is 11.8 Å². The zero-order chi connectivity index (χ0) is 24.3. The van der Waals surface area contributed by atoms with Gasteiger partial charge in [-0.15, -0.1) is 0 Å². The Morgan fingerprint density at radius 3 is 2.47 bits per heavy atom. The molecule has 2 aromatic rings. The number of hydrogen-bond acceptors (Lipinski definition) is 4. The third kappa shape index (κ3) is 6.27. The Morgan fingerprint density at radius 1 is 1.19 bits per heavy atom. The number of allylic oxidation sites excluding steroid dienone is 2. The van der Waals surface area contributed by atoms with E-state index in [9.17, 15) is 10.1 Å². The molecule has 6 nitrogen and oxygen atoms in total. The summed E-state index contributed by atoms with van der Waals surface area (Å²) in [6, 6.07) is 9.73. The van der Waals surface area contributed by atoms with E-state index in [0.29, 0.717) is 17.7 Å². The van der Waals surface area contributed by atoms with Gasteiger partial charge in [0.15, 0.2) is 0 Å². The second-order valence-electron chi connectivity index (χ2n) is 6.75. The molecule has 0 aliphatic heterocycles. The molecule has 0 saturated carbocycles. The van der Waals surface area contributed by atoms with Crippen molar-refractivity contribution in [2.24, 2.45) is 7.05 Å². The lowest BCUT2D eigenvalue weighted by molar-refractivity contribution is 0.130. The molecule has 1 heterocycles. The van der Waals surface area contributed by atoms with E-state index in [2.05, 4.69) is 11.4 Å². The van der Waals surface area contributed by atoms with Gasteiger partial charge in [0.2, 0.25) is 0 Å². The monoisotopic (exact) mass is 437 g/mol. The molecule has 1 amide bonds. The Kier molecular flexibility index (Phi) is 10.8. The van der Waals surface area contributed by atoms with Gasteiger partial charge < -0.3 is 14.0 Å². The highest BCUT2D eigenvalue weighted by molar-refractivity contribution is 5.86. The summed E-state index contributed by atoms with van der Waals surface area (Å²) in [5, 5.41) is 14.4. The maximum Gasteiger partial charge on any atom is 0.411 e. The first-order chi connectivity index (χ1) is 15.4. The van der Waals surface area contributed by atoms with Gasteiger partial charge in [-0.05, 0) is 38.5 Å². The van der Waals surface area contributed by atoms with Crippen LogP contribution in [0.5, 0.6) is 0 Å². The predicted octanol–water partition coefficient (Wildman–Crippen LogP) is 5.07. The topological polar surface area (TPSA) is 76.3 Å². The molecular weight excluding hydrogens is 402 g/mol. The van der Waals surface area contributed by atoms with Crippen LogP contribution in [-0.2, 0) is 16.5 Å². The van der Waals surface area contributed by atoms with Crippen molar-refractivity contribution >= 4 is 23.9 Å². The van der Waals surface area contributed by atoms with E-state index in [1.54, 1.807) is 27.0 Å². The van der Waals surface area contributed by atoms with Crippen LogP contribution in [0.4, 0.5) is 10.5 Å². The summed E-state index contributed by atoms with van der Waals surface area (Å²) in [5.41, 5.74) is 2.83. The van der Waals surface area contributed by atoms with Gasteiger partial charge in [0.05, 0.1) is 29.8 Å². The van der Waals surface area contributed by atoms with Crippen molar-refractivity contribution in [3.63, 3.8) is 0 Å². The molecule has 3 rings (SSSR count). The number of aromatic nitrogens is 1. The fraction of sp³-hybridized carbons (Fsp3) is 0.385. The number of hydrogen-bond donors (Lipinski definition) is 1. The van der Waals surface area contributed by atoms with Crippen molar-refractivity contribution in [2.75, 3.05) is 12.4 Å². The average molecular weight is 438 g/mol. The summed E-state index contributed by atoms with van der Waals surface area (Å²) >= 11 is 0. The number of carbonyl (C=O) groups excluding carboxylic acids is 1.